The second kappa shape index (κ2) is 6.89. The third-order valence-electron chi connectivity index (χ3n) is 4.47. The summed E-state index contributed by atoms with van der Waals surface area (Å²) in [4.78, 5) is 11.0. The summed E-state index contributed by atoms with van der Waals surface area (Å²) in [6, 6.07) is 0.0604. The van der Waals surface area contributed by atoms with Crippen LogP contribution in [0, 0.1) is 5.92 Å². The summed E-state index contributed by atoms with van der Waals surface area (Å²) in [5.41, 5.74) is 0. The Hall–Kier alpha value is -0.920. The van der Waals surface area contributed by atoms with Crippen LogP contribution in [0.15, 0.2) is 12.7 Å². The Bertz CT molecular complexity index is 477. The molecule has 1 saturated heterocycles. The fraction of sp³-hybridized carbons (Fsp3) is 0.786. The van der Waals surface area contributed by atoms with Gasteiger partial charge in [0.25, 0.3) is 10.2 Å². The third-order valence-corrected chi connectivity index (χ3v) is 6.52. The van der Waals surface area contributed by atoms with Crippen LogP contribution < -0.4 is 0 Å². The van der Waals surface area contributed by atoms with Gasteiger partial charge in [-0.2, -0.15) is 17.0 Å². The minimum Gasteiger partial charge on any atom is -0.481 e. The van der Waals surface area contributed by atoms with E-state index in [1.807, 2.05) is 0 Å². The zero-order valence-corrected chi connectivity index (χ0v) is 13.1. The highest BCUT2D eigenvalue weighted by Gasteiger charge is 2.38. The molecule has 0 radical (unpaired) electrons. The zero-order chi connectivity index (χ0) is 15.5. The van der Waals surface area contributed by atoms with Crippen LogP contribution in [0.5, 0.6) is 0 Å². The van der Waals surface area contributed by atoms with Gasteiger partial charge in [-0.25, -0.2) is 0 Å². The van der Waals surface area contributed by atoms with Crippen molar-refractivity contribution in [1.29, 1.82) is 0 Å². The molecule has 0 aromatic heterocycles. The molecule has 0 bridgehead atoms. The molecule has 120 valence electrons. The molecule has 7 heteroatoms. The number of aliphatic carboxylic acids is 1. The van der Waals surface area contributed by atoms with Gasteiger partial charge in [0.2, 0.25) is 0 Å². The molecule has 0 atom stereocenters. The topological polar surface area (TPSA) is 77.9 Å². The molecule has 2 rings (SSSR count). The van der Waals surface area contributed by atoms with Crippen LogP contribution >= 0.6 is 0 Å². The van der Waals surface area contributed by atoms with Gasteiger partial charge in [0.1, 0.15) is 0 Å². The summed E-state index contributed by atoms with van der Waals surface area (Å²) in [5, 5.41) is 9.00. The van der Waals surface area contributed by atoms with Crippen molar-refractivity contribution in [2.45, 2.75) is 44.6 Å². The van der Waals surface area contributed by atoms with E-state index in [0.717, 1.165) is 25.7 Å². The first-order valence-electron chi connectivity index (χ1n) is 7.57. The highest BCUT2D eigenvalue weighted by Crippen LogP contribution is 2.29. The molecule has 2 fully saturated rings. The molecule has 0 unspecified atom stereocenters. The lowest BCUT2D eigenvalue weighted by atomic mass is 9.99. The second-order valence-corrected chi connectivity index (χ2v) is 7.70. The van der Waals surface area contributed by atoms with Crippen LogP contribution in [0.1, 0.15) is 38.5 Å². The lowest BCUT2D eigenvalue weighted by Crippen LogP contribution is -2.50. The Labute approximate surface area is 126 Å². The largest absolute Gasteiger partial charge is 0.481 e. The van der Waals surface area contributed by atoms with Gasteiger partial charge >= 0.3 is 5.97 Å². The molecule has 0 spiro atoms. The van der Waals surface area contributed by atoms with Gasteiger partial charge in [0.05, 0.1) is 5.92 Å². The Balaban J connectivity index is 2.08. The number of rotatable bonds is 6. The predicted molar refractivity (Wildman–Crippen MR) is 80.0 cm³/mol. The van der Waals surface area contributed by atoms with Crippen LogP contribution in [0.3, 0.4) is 0 Å². The maximum atomic E-state index is 12.8. The van der Waals surface area contributed by atoms with Crippen molar-refractivity contribution >= 4 is 16.2 Å². The van der Waals surface area contributed by atoms with Crippen molar-refractivity contribution in [2.24, 2.45) is 5.92 Å². The van der Waals surface area contributed by atoms with Crippen LogP contribution in [0.25, 0.3) is 0 Å². The van der Waals surface area contributed by atoms with Gasteiger partial charge in [-0.3, -0.25) is 4.79 Å². The van der Waals surface area contributed by atoms with Crippen molar-refractivity contribution in [3.05, 3.63) is 12.7 Å². The predicted octanol–water partition coefficient (Wildman–Crippen LogP) is 1.46. The average molecular weight is 316 g/mol. The summed E-state index contributed by atoms with van der Waals surface area (Å²) in [7, 11) is -3.52. The molecule has 2 aliphatic rings. The monoisotopic (exact) mass is 316 g/mol. The summed E-state index contributed by atoms with van der Waals surface area (Å²) in [5.74, 6) is -1.25. The maximum absolute atomic E-state index is 12.8. The standard InChI is InChI=1S/C14H24N2O4S/c1-2-9-16(13-5-3-4-6-13)21(19,20)15-10-7-12(8-11-15)14(17)18/h2,12-13H,1,3-11H2,(H,17,18). The number of hydrogen-bond donors (Lipinski definition) is 1. The number of carbonyl (C=O) groups is 1. The fourth-order valence-electron chi connectivity index (χ4n) is 3.23. The molecule has 1 aliphatic carbocycles. The molecule has 0 amide bonds. The Morgan fingerprint density at radius 2 is 1.81 bits per heavy atom. The lowest BCUT2D eigenvalue weighted by Gasteiger charge is -2.36. The maximum Gasteiger partial charge on any atom is 0.306 e. The van der Waals surface area contributed by atoms with Crippen molar-refractivity contribution in [3.63, 3.8) is 0 Å². The van der Waals surface area contributed by atoms with Gasteiger partial charge < -0.3 is 5.11 Å². The van der Waals surface area contributed by atoms with Crippen molar-refractivity contribution < 1.29 is 18.3 Å². The van der Waals surface area contributed by atoms with Gasteiger partial charge in [-0.05, 0) is 25.7 Å². The molecular weight excluding hydrogens is 292 g/mol. The number of nitrogens with zero attached hydrogens (tertiary/aromatic N) is 2. The molecule has 1 saturated carbocycles. The van der Waals surface area contributed by atoms with Crippen LogP contribution in [-0.2, 0) is 15.0 Å². The van der Waals surface area contributed by atoms with E-state index < -0.39 is 22.1 Å². The summed E-state index contributed by atoms with van der Waals surface area (Å²) < 4.78 is 28.6. The van der Waals surface area contributed by atoms with Crippen LogP contribution in [-0.4, -0.2) is 53.8 Å². The Morgan fingerprint density at radius 1 is 1.24 bits per heavy atom. The first-order valence-corrected chi connectivity index (χ1v) is 8.97. The number of carboxylic acids is 1. The molecule has 1 aliphatic heterocycles. The Kier molecular flexibility index (Phi) is 5.40. The van der Waals surface area contributed by atoms with E-state index in [1.165, 1.54) is 4.31 Å². The Morgan fingerprint density at radius 3 is 2.29 bits per heavy atom. The summed E-state index contributed by atoms with van der Waals surface area (Å²) >= 11 is 0. The average Bonchev–Trinajstić information content (AvgIpc) is 2.98. The van der Waals surface area contributed by atoms with E-state index in [9.17, 15) is 13.2 Å². The molecule has 0 aromatic carbocycles. The number of piperidine rings is 1. The number of carboxylic acid groups (broad SMARTS) is 1. The van der Waals surface area contributed by atoms with E-state index in [2.05, 4.69) is 6.58 Å². The SMILES string of the molecule is C=CCN(C1CCCC1)S(=O)(=O)N1CCC(C(=O)O)CC1. The van der Waals surface area contributed by atoms with E-state index in [4.69, 9.17) is 5.11 Å². The van der Waals surface area contributed by atoms with E-state index in [-0.39, 0.29) is 6.04 Å². The molecule has 0 aromatic rings. The molecule has 1 heterocycles. The minimum atomic E-state index is -3.52. The van der Waals surface area contributed by atoms with Gasteiger partial charge in [0, 0.05) is 25.7 Å². The van der Waals surface area contributed by atoms with Crippen LogP contribution in [0.4, 0.5) is 0 Å². The highest BCUT2D eigenvalue weighted by molar-refractivity contribution is 7.86. The minimum absolute atomic E-state index is 0.0604. The van der Waals surface area contributed by atoms with E-state index in [0.29, 0.717) is 32.5 Å². The van der Waals surface area contributed by atoms with Gasteiger partial charge in [0.15, 0.2) is 0 Å². The summed E-state index contributed by atoms with van der Waals surface area (Å²) in [6.45, 7) is 4.57. The second-order valence-electron chi connectivity index (χ2n) is 5.82. The zero-order valence-electron chi connectivity index (χ0n) is 12.3. The lowest BCUT2D eigenvalue weighted by molar-refractivity contribution is -0.142. The third kappa shape index (κ3) is 3.64. The normalized spacial score (nSPS) is 22.7. The van der Waals surface area contributed by atoms with Gasteiger partial charge in [-0.1, -0.05) is 18.9 Å². The van der Waals surface area contributed by atoms with Crippen molar-refractivity contribution in [3.8, 4) is 0 Å². The van der Waals surface area contributed by atoms with Crippen LogP contribution in [0.2, 0.25) is 0 Å². The number of hydrogen-bond acceptors (Lipinski definition) is 3. The molecule has 6 nitrogen and oxygen atoms in total. The molecule has 1 N–H and O–H groups in total. The molecule has 21 heavy (non-hydrogen) atoms. The van der Waals surface area contributed by atoms with E-state index in [1.54, 1.807) is 10.4 Å². The van der Waals surface area contributed by atoms with Crippen molar-refractivity contribution in [1.82, 2.24) is 8.61 Å². The highest BCUT2D eigenvalue weighted by atomic mass is 32.2. The summed E-state index contributed by atoms with van der Waals surface area (Å²) in [6.07, 6.45) is 6.34. The first-order chi connectivity index (χ1) is 9.96. The van der Waals surface area contributed by atoms with Gasteiger partial charge in [-0.15, -0.1) is 6.58 Å². The van der Waals surface area contributed by atoms with Crippen molar-refractivity contribution in [2.75, 3.05) is 19.6 Å². The smallest absolute Gasteiger partial charge is 0.306 e. The fourth-order valence-corrected chi connectivity index (χ4v) is 5.08. The quantitative estimate of drug-likeness (QED) is 0.753. The van der Waals surface area contributed by atoms with E-state index >= 15 is 0 Å². The first kappa shape index (κ1) is 16.5. The molecular formula is C14H24N2O4S.